The van der Waals surface area contributed by atoms with Crippen LogP contribution in [-0.4, -0.2) is 23.8 Å². The molecule has 0 fully saturated rings. The van der Waals surface area contributed by atoms with Gasteiger partial charge in [-0.25, -0.2) is 4.79 Å². The molecule has 5 heteroatoms. The van der Waals surface area contributed by atoms with Gasteiger partial charge in [-0.15, -0.1) is 0 Å². The molecule has 0 aliphatic carbocycles. The molecule has 1 unspecified atom stereocenters. The average molecular weight is 243 g/mol. The number of halogens is 1. The molecule has 0 heterocycles. The normalized spacial score (nSPS) is 12.0. The number of carbonyl (C=O) groups is 1. The maximum absolute atomic E-state index is 11.4. The smallest absolute Gasteiger partial charge is 0.319 e. The molecule has 1 aromatic carbocycles. The minimum absolute atomic E-state index is 0.0952. The summed E-state index contributed by atoms with van der Waals surface area (Å²) in [6.45, 7) is 3.50. The van der Waals surface area contributed by atoms with E-state index >= 15 is 0 Å². The number of aliphatic hydroxyl groups excluding tert-OH is 1. The number of hydrogen-bond acceptors (Lipinski definition) is 2. The molecule has 0 aromatic heterocycles. The fourth-order valence-electron chi connectivity index (χ4n) is 1.11. The Morgan fingerprint density at radius 1 is 1.56 bits per heavy atom. The highest BCUT2D eigenvalue weighted by atomic mass is 35.5. The highest BCUT2D eigenvalue weighted by molar-refractivity contribution is 6.31. The van der Waals surface area contributed by atoms with Crippen molar-refractivity contribution in [3.8, 4) is 0 Å². The molecule has 16 heavy (non-hydrogen) atoms. The highest BCUT2D eigenvalue weighted by Gasteiger charge is 2.06. The Kier molecular flexibility index (Phi) is 4.58. The fraction of sp³-hybridized carbons (Fsp3) is 0.364. The molecule has 3 N–H and O–H groups in total. The number of aliphatic hydroxyl groups is 1. The van der Waals surface area contributed by atoms with Crippen LogP contribution in [0.25, 0.3) is 0 Å². The standard InChI is InChI=1S/C11H15ClN2O2/c1-7-3-4-9(5-10(7)12)14-11(16)13-8(2)6-15/h3-5,8,15H,6H2,1-2H3,(H2,13,14,16). The first-order valence-corrected chi connectivity index (χ1v) is 5.35. The first-order chi connectivity index (χ1) is 7.52. The Hall–Kier alpha value is -1.26. The van der Waals surface area contributed by atoms with Crippen LogP contribution in [0.3, 0.4) is 0 Å². The van der Waals surface area contributed by atoms with E-state index in [0.717, 1.165) is 5.56 Å². The molecule has 0 spiro atoms. The van der Waals surface area contributed by atoms with Crippen LogP contribution in [-0.2, 0) is 0 Å². The second kappa shape index (κ2) is 5.72. The van der Waals surface area contributed by atoms with E-state index in [4.69, 9.17) is 16.7 Å². The molecule has 88 valence electrons. The summed E-state index contributed by atoms with van der Waals surface area (Å²) >= 11 is 5.92. The Labute approximate surface area is 99.6 Å². The van der Waals surface area contributed by atoms with Crippen molar-refractivity contribution in [1.29, 1.82) is 0 Å². The number of nitrogens with one attached hydrogen (secondary N) is 2. The van der Waals surface area contributed by atoms with E-state index in [1.165, 1.54) is 0 Å². The molecule has 1 aromatic rings. The van der Waals surface area contributed by atoms with E-state index in [2.05, 4.69) is 10.6 Å². The van der Waals surface area contributed by atoms with Crippen LogP contribution in [0.4, 0.5) is 10.5 Å². The molecular weight excluding hydrogens is 228 g/mol. The largest absolute Gasteiger partial charge is 0.394 e. The summed E-state index contributed by atoms with van der Waals surface area (Å²) in [7, 11) is 0. The summed E-state index contributed by atoms with van der Waals surface area (Å²) in [6, 6.07) is 4.64. The van der Waals surface area contributed by atoms with Gasteiger partial charge in [0.15, 0.2) is 0 Å². The van der Waals surface area contributed by atoms with Crippen molar-refractivity contribution in [2.75, 3.05) is 11.9 Å². The summed E-state index contributed by atoms with van der Waals surface area (Å²) in [5, 5.41) is 14.6. The fourth-order valence-corrected chi connectivity index (χ4v) is 1.29. The van der Waals surface area contributed by atoms with Crippen LogP contribution in [0.2, 0.25) is 5.02 Å². The molecule has 0 radical (unpaired) electrons. The van der Waals surface area contributed by atoms with Crippen LogP contribution in [0.1, 0.15) is 12.5 Å². The van der Waals surface area contributed by atoms with Crippen molar-refractivity contribution in [1.82, 2.24) is 5.32 Å². The predicted molar refractivity (Wildman–Crippen MR) is 64.9 cm³/mol. The van der Waals surface area contributed by atoms with Crippen LogP contribution >= 0.6 is 11.6 Å². The van der Waals surface area contributed by atoms with Gasteiger partial charge in [0.05, 0.1) is 12.6 Å². The third kappa shape index (κ3) is 3.72. The lowest BCUT2D eigenvalue weighted by Gasteiger charge is -2.12. The minimum atomic E-state index is -0.360. The Morgan fingerprint density at radius 3 is 2.81 bits per heavy atom. The first kappa shape index (κ1) is 12.8. The van der Waals surface area contributed by atoms with E-state index in [-0.39, 0.29) is 18.7 Å². The van der Waals surface area contributed by atoms with Gasteiger partial charge in [-0.1, -0.05) is 17.7 Å². The van der Waals surface area contributed by atoms with E-state index in [1.807, 2.05) is 13.0 Å². The lowest BCUT2D eigenvalue weighted by atomic mass is 10.2. The van der Waals surface area contributed by atoms with Gasteiger partial charge in [0, 0.05) is 10.7 Å². The Morgan fingerprint density at radius 2 is 2.25 bits per heavy atom. The number of aryl methyl sites for hydroxylation is 1. The van der Waals surface area contributed by atoms with Gasteiger partial charge in [-0.3, -0.25) is 0 Å². The number of anilines is 1. The molecule has 0 saturated carbocycles. The third-order valence-electron chi connectivity index (χ3n) is 2.08. The molecular formula is C11H15ClN2O2. The highest BCUT2D eigenvalue weighted by Crippen LogP contribution is 2.19. The first-order valence-electron chi connectivity index (χ1n) is 4.97. The predicted octanol–water partition coefficient (Wildman–Crippen LogP) is 2.15. The zero-order valence-electron chi connectivity index (χ0n) is 9.25. The average Bonchev–Trinajstić information content (AvgIpc) is 2.23. The topological polar surface area (TPSA) is 61.4 Å². The Bertz CT molecular complexity index is 382. The van der Waals surface area contributed by atoms with E-state index in [0.29, 0.717) is 10.7 Å². The summed E-state index contributed by atoms with van der Waals surface area (Å²) in [5.74, 6) is 0. The third-order valence-corrected chi connectivity index (χ3v) is 2.49. The number of rotatable bonds is 3. The van der Waals surface area contributed by atoms with Crippen LogP contribution in [0, 0.1) is 6.92 Å². The van der Waals surface area contributed by atoms with Gasteiger partial charge in [0.25, 0.3) is 0 Å². The molecule has 0 aliphatic heterocycles. The summed E-state index contributed by atoms with van der Waals surface area (Å²) in [4.78, 5) is 11.4. The molecule has 0 bridgehead atoms. The quantitative estimate of drug-likeness (QED) is 0.761. The lowest BCUT2D eigenvalue weighted by molar-refractivity contribution is 0.229. The van der Waals surface area contributed by atoms with Crippen molar-refractivity contribution in [3.05, 3.63) is 28.8 Å². The molecule has 1 atom stereocenters. The maximum Gasteiger partial charge on any atom is 0.319 e. The van der Waals surface area contributed by atoms with Gasteiger partial charge < -0.3 is 15.7 Å². The van der Waals surface area contributed by atoms with Crippen LogP contribution < -0.4 is 10.6 Å². The minimum Gasteiger partial charge on any atom is -0.394 e. The number of benzene rings is 1. The molecule has 0 saturated heterocycles. The molecule has 2 amide bonds. The van der Waals surface area contributed by atoms with Crippen molar-refractivity contribution < 1.29 is 9.90 Å². The molecule has 1 rings (SSSR count). The molecule has 4 nitrogen and oxygen atoms in total. The van der Waals surface area contributed by atoms with Crippen LogP contribution in [0.5, 0.6) is 0 Å². The summed E-state index contributed by atoms with van der Waals surface area (Å²) in [6.07, 6.45) is 0. The number of amides is 2. The van der Waals surface area contributed by atoms with Gasteiger partial charge in [0.1, 0.15) is 0 Å². The lowest BCUT2D eigenvalue weighted by Crippen LogP contribution is -2.38. The number of hydrogen-bond donors (Lipinski definition) is 3. The van der Waals surface area contributed by atoms with Gasteiger partial charge >= 0.3 is 6.03 Å². The van der Waals surface area contributed by atoms with E-state index in [1.54, 1.807) is 19.1 Å². The van der Waals surface area contributed by atoms with Gasteiger partial charge in [-0.2, -0.15) is 0 Å². The number of urea groups is 1. The Balaban J connectivity index is 2.59. The molecule has 0 aliphatic rings. The van der Waals surface area contributed by atoms with Crippen molar-refractivity contribution in [3.63, 3.8) is 0 Å². The van der Waals surface area contributed by atoms with Crippen molar-refractivity contribution in [2.24, 2.45) is 0 Å². The van der Waals surface area contributed by atoms with Crippen LogP contribution in [0.15, 0.2) is 18.2 Å². The maximum atomic E-state index is 11.4. The second-order valence-electron chi connectivity index (χ2n) is 3.65. The van der Waals surface area contributed by atoms with Gasteiger partial charge in [-0.05, 0) is 31.5 Å². The van der Waals surface area contributed by atoms with E-state index < -0.39 is 0 Å². The second-order valence-corrected chi connectivity index (χ2v) is 4.05. The van der Waals surface area contributed by atoms with Crippen molar-refractivity contribution in [2.45, 2.75) is 19.9 Å². The summed E-state index contributed by atoms with van der Waals surface area (Å²) < 4.78 is 0. The van der Waals surface area contributed by atoms with E-state index in [9.17, 15) is 4.79 Å². The number of carbonyl (C=O) groups excluding carboxylic acids is 1. The van der Waals surface area contributed by atoms with Crippen molar-refractivity contribution >= 4 is 23.3 Å². The zero-order valence-corrected chi connectivity index (χ0v) is 10.0. The summed E-state index contributed by atoms with van der Waals surface area (Å²) in [5.41, 5.74) is 1.58. The van der Waals surface area contributed by atoms with Gasteiger partial charge in [0.2, 0.25) is 0 Å². The zero-order chi connectivity index (χ0) is 12.1. The monoisotopic (exact) mass is 242 g/mol. The SMILES string of the molecule is Cc1ccc(NC(=O)NC(C)CO)cc1Cl.